The van der Waals surface area contributed by atoms with Gasteiger partial charge in [0, 0.05) is 17.5 Å². The minimum absolute atomic E-state index is 0.0135. The van der Waals surface area contributed by atoms with Gasteiger partial charge in [-0.05, 0) is 22.6 Å². The van der Waals surface area contributed by atoms with Crippen molar-refractivity contribution in [3.8, 4) is 11.4 Å². The third-order valence-corrected chi connectivity index (χ3v) is 4.80. The van der Waals surface area contributed by atoms with Crippen molar-refractivity contribution in [1.82, 2.24) is 25.1 Å². The van der Waals surface area contributed by atoms with Crippen LogP contribution in [0.5, 0.6) is 0 Å². The Morgan fingerprint density at radius 3 is 2.60 bits per heavy atom. The van der Waals surface area contributed by atoms with E-state index in [2.05, 4.69) is 15.4 Å². The fraction of sp³-hybridized carbons (Fsp3) is 0.333. The molecule has 2 aromatic heterocycles. The number of likely N-dealkylation sites (N-methyl/N-ethyl adjacent to an activating group) is 1. The Balaban J connectivity index is 1.81. The van der Waals surface area contributed by atoms with E-state index in [1.54, 1.807) is 16.2 Å². The molecule has 3 rings (SSSR count). The second-order valence-electron chi connectivity index (χ2n) is 6.26. The van der Waals surface area contributed by atoms with Crippen LogP contribution >= 0.6 is 11.3 Å². The summed E-state index contributed by atoms with van der Waals surface area (Å²) < 4.78 is 0. The quantitative estimate of drug-likeness (QED) is 0.681. The van der Waals surface area contributed by atoms with Gasteiger partial charge >= 0.3 is 0 Å². The van der Waals surface area contributed by atoms with Gasteiger partial charge in [0.2, 0.25) is 11.7 Å². The molecule has 2 heterocycles. The van der Waals surface area contributed by atoms with Crippen LogP contribution < -0.4 is 0 Å². The largest absolute Gasteiger partial charge is 0.339 e. The topological polar surface area (TPSA) is 63.9 Å². The molecular weight excluding hydrogens is 334 g/mol. The number of hydrogen-bond acceptors (Lipinski definition) is 5. The smallest absolute Gasteiger partial charge is 0.249 e. The first kappa shape index (κ1) is 17.3. The van der Waals surface area contributed by atoms with Gasteiger partial charge < -0.3 is 4.90 Å². The first-order valence-corrected chi connectivity index (χ1v) is 9.06. The Morgan fingerprint density at radius 1 is 1.20 bits per heavy atom. The number of rotatable bonds is 6. The van der Waals surface area contributed by atoms with Crippen molar-refractivity contribution in [2.45, 2.75) is 26.4 Å². The number of carbonyl (C=O) groups excluding carboxylic acids is 1. The lowest BCUT2D eigenvalue weighted by molar-refractivity contribution is -0.136. The highest BCUT2D eigenvalue weighted by atomic mass is 32.1. The van der Waals surface area contributed by atoms with Gasteiger partial charge in [-0.15, -0.1) is 21.5 Å². The van der Waals surface area contributed by atoms with Gasteiger partial charge in [-0.2, -0.15) is 4.80 Å². The molecule has 0 saturated heterocycles. The van der Waals surface area contributed by atoms with Gasteiger partial charge in [-0.3, -0.25) is 4.79 Å². The molecule has 0 aliphatic rings. The zero-order chi connectivity index (χ0) is 17.8. The van der Waals surface area contributed by atoms with Gasteiger partial charge in [0.1, 0.15) is 0 Å². The lowest BCUT2D eigenvalue weighted by atomic mass is 10.0. The maximum atomic E-state index is 13.0. The molecule has 0 saturated carbocycles. The van der Waals surface area contributed by atoms with E-state index in [1.165, 1.54) is 4.80 Å². The zero-order valence-corrected chi connectivity index (χ0v) is 15.3. The molecule has 3 aromatic rings. The average Bonchev–Trinajstić information content (AvgIpc) is 3.27. The van der Waals surface area contributed by atoms with Crippen molar-refractivity contribution in [2.24, 2.45) is 5.92 Å². The Morgan fingerprint density at radius 2 is 1.96 bits per heavy atom. The Kier molecular flexibility index (Phi) is 5.23. The van der Waals surface area contributed by atoms with Gasteiger partial charge in [-0.25, -0.2) is 0 Å². The van der Waals surface area contributed by atoms with Crippen LogP contribution in [-0.4, -0.2) is 38.1 Å². The summed E-state index contributed by atoms with van der Waals surface area (Å²) >= 11 is 1.64. The van der Waals surface area contributed by atoms with E-state index in [-0.39, 0.29) is 11.8 Å². The van der Waals surface area contributed by atoms with Crippen LogP contribution in [0, 0.1) is 5.92 Å². The molecule has 0 aliphatic heterocycles. The summed E-state index contributed by atoms with van der Waals surface area (Å²) in [6.45, 7) is 4.57. The molecule has 0 N–H and O–H groups in total. The van der Waals surface area contributed by atoms with E-state index in [9.17, 15) is 4.79 Å². The molecule has 0 spiro atoms. The molecule has 0 aliphatic carbocycles. The standard InChI is InChI=1S/C18H21N5OS/c1-13(2)16(18(24)22(3)12-15-10-7-11-25-15)23-20-17(19-21-23)14-8-5-4-6-9-14/h4-11,13,16H,12H2,1-3H3. The monoisotopic (exact) mass is 355 g/mol. The molecule has 1 atom stereocenters. The lowest BCUT2D eigenvalue weighted by Crippen LogP contribution is -2.37. The number of hydrogen-bond donors (Lipinski definition) is 0. The molecule has 7 heteroatoms. The van der Waals surface area contributed by atoms with Crippen LogP contribution in [0.15, 0.2) is 47.8 Å². The molecule has 25 heavy (non-hydrogen) atoms. The molecule has 1 amide bonds. The van der Waals surface area contributed by atoms with E-state index in [1.807, 2.05) is 68.7 Å². The number of thiophene rings is 1. The van der Waals surface area contributed by atoms with Crippen LogP contribution in [0.2, 0.25) is 0 Å². The molecular formula is C18H21N5OS. The van der Waals surface area contributed by atoms with Crippen molar-refractivity contribution in [3.63, 3.8) is 0 Å². The second kappa shape index (κ2) is 7.57. The molecule has 0 bridgehead atoms. The van der Waals surface area contributed by atoms with Crippen LogP contribution in [0.1, 0.15) is 24.8 Å². The molecule has 6 nitrogen and oxygen atoms in total. The Hall–Kier alpha value is -2.54. The predicted octanol–water partition coefficient (Wildman–Crippen LogP) is 3.26. The van der Waals surface area contributed by atoms with Crippen LogP contribution in [0.25, 0.3) is 11.4 Å². The van der Waals surface area contributed by atoms with Crippen molar-refractivity contribution in [3.05, 3.63) is 52.7 Å². The minimum Gasteiger partial charge on any atom is -0.339 e. The van der Waals surface area contributed by atoms with Crippen molar-refractivity contribution in [1.29, 1.82) is 0 Å². The molecule has 1 aromatic carbocycles. The fourth-order valence-corrected chi connectivity index (χ4v) is 3.39. The van der Waals surface area contributed by atoms with Crippen LogP contribution in [-0.2, 0) is 11.3 Å². The summed E-state index contributed by atoms with van der Waals surface area (Å²) in [5, 5.41) is 14.7. The number of benzene rings is 1. The highest BCUT2D eigenvalue weighted by Crippen LogP contribution is 2.22. The normalized spacial score (nSPS) is 12.3. The average molecular weight is 355 g/mol. The fourth-order valence-electron chi connectivity index (χ4n) is 2.64. The van der Waals surface area contributed by atoms with E-state index in [4.69, 9.17) is 0 Å². The maximum Gasteiger partial charge on any atom is 0.249 e. The molecule has 0 radical (unpaired) electrons. The molecule has 130 valence electrons. The number of nitrogens with zero attached hydrogens (tertiary/aromatic N) is 5. The SMILES string of the molecule is CC(C)C(C(=O)N(C)Cc1cccs1)n1nnc(-c2ccccc2)n1. The maximum absolute atomic E-state index is 13.0. The van der Waals surface area contributed by atoms with Crippen molar-refractivity contribution >= 4 is 17.2 Å². The summed E-state index contributed by atoms with van der Waals surface area (Å²) in [5.41, 5.74) is 0.885. The second-order valence-corrected chi connectivity index (χ2v) is 7.29. The first-order chi connectivity index (χ1) is 12.1. The molecule has 1 unspecified atom stereocenters. The predicted molar refractivity (Wildman–Crippen MR) is 97.9 cm³/mol. The van der Waals surface area contributed by atoms with E-state index in [0.717, 1.165) is 10.4 Å². The Bertz CT molecular complexity index is 813. The van der Waals surface area contributed by atoms with E-state index >= 15 is 0 Å². The van der Waals surface area contributed by atoms with E-state index in [0.29, 0.717) is 12.4 Å². The van der Waals surface area contributed by atoms with Crippen molar-refractivity contribution in [2.75, 3.05) is 7.05 Å². The van der Waals surface area contributed by atoms with Crippen molar-refractivity contribution < 1.29 is 4.79 Å². The summed E-state index contributed by atoms with van der Waals surface area (Å²) in [6.07, 6.45) is 0. The number of carbonyl (C=O) groups is 1. The summed E-state index contributed by atoms with van der Waals surface area (Å²) in [6, 6.07) is 13.2. The third kappa shape index (κ3) is 3.93. The summed E-state index contributed by atoms with van der Waals surface area (Å²) in [4.78, 5) is 17.3. The zero-order valence-electron chi connectivity index (χ0n) is 14.5. The van der Waals surface area contributed by atoms with Gasteiger partial charge in [0.25, 0.3) is 0 Å². The number of amides is 1. The summed E-state index contributed by atoms with van der Waals surface area (Å²) in [7, 11) is 1.81. The van der Waals surface area contributed by atoms with Gasteiger partial charge in [0.05, 0.1) is 6.54 Å². The van der Waals surface area contributed by atoms with Crippen LogP contribution in [0.3, 0.4) is 0 Å². The van der Waals surface area contributed by atoms with Gasteiger partial charge in [0.15, 0.2) is 6.04 Å². The van der Waals surface area contributed by atoms with E-state index < -0.39 is 6.04 Å². The Labute approximate surface area is 151 Å². The highest BCUT2D eigenvalue weighted by Gasteiger charge is 2.29. The summed E-state index contributed by atoms with van der Waals surface area (Å²) in [5.74, 6) is 0.566. The van der Waals surface area contributed by atoms with Crippen LogP contribution in [0.4, 0.5) is 0 Å². The minimum atomic E-state index is -0.477. The van der Waals surface area contributed by atoms with Gasteiger partial charge in [-0.1, -0.05) is 50.2 Å². The third-order valence-electron chi connectivity index (χ3n) is 3.94. The number of tetrazole rings is 1. The molecule has 0 fully saturated rings. The number of aromatic nitrogens is 4. The highest BCUT2D eigenvalue weighted by molar-refractivity contribution is 7.09. The first-order valence-electron chi connectivity index (χ1n) is 8.18. The lowest BCUT2D eigenvalue weighted by Gasteiger charge is -2.24.